The second-order valence-corrected chi connectivity index (χ2v) is 7.66. The molecule has 8 heteroatoms. The molecule has 1 amide bonds. The van der Waals surface area contributed by atoms with Gasteiger partial charge in [-0.1, -0.05) is 17.7 Å². The summed E-state index contributed by atoms with van der Waals surface area (Å²) in [6.45, 7) is 5.23. The highest BCUT2D eigenvalue weighted by atomic mass is 35.5. The van der Waals surface area contributed by atoms with Gasteiger partial charge in [0.2, 0.25) is 10.0 Å². The van der Waals surface area contributed by atoms with Gasteiger partial charge >= 0.3 is 0 Å². The van der Waals surface area contributed by atoms with E-state index in [9.17, 15) is 13.2 Å². The third kappa shape index (κ3) is 4.31. The van der Waals surface area contributed by atoms with Crippen molar-refractivity contribution in [2.45, 2.75) is 31.7 Å². The number of carbonyl (C=O) groups is 1. The molecule has 0 unspecified atom stereocenters. The number of amides is 1. The average Bonchev–Trinajstić information content (AvgIpc) is 2.48. The Morgan fingerprint density at radius 2 is 1.96 bits per heavy atom. The van der Waals surface area contributed by atoms with Crippen LogP contribution in [0.3, 0.4) is 0 Å². The van der Waals surface area contributed by atoms with Crippen LogP contribution in [0.1, 0.15) is 29.8 Å². The number of nitrogens with one attached hydrogen (secondary N) is 2. The summed E-state index contributed by atoms with van der Waals surface area (Å²) >= 11 is 6.06. The molecular weight excluding hydrogens is 350 g/mol. The number of carbonyl (C=O) groups excluding carboxylic acids is 1. The molecule has 2 rings (SSSR count). The zero-order valence-corrected chi connectivity index (χ0v) is 15.1. The van der Waals surface area contributed by atoms with E-state index in [2.05, 4.69) is 15.0 Å². The fraction of sp³-hybridized carbons (Fsp3) is 0.250. The Bertz CT molecular complexity index is 867. The van der Waals surface area contributed by atoms with Crippen molar-refractivity contribution >= 4 is 33.3 Å². The molecule has 1 aromatic carbocycles. The Morgan fingerprint density at radius 1 is 1.25 bits per heavy atom. The zero-order chi connectivity index (χ0) is 17.9. The number of benzene rings is 1. The monoisotopic (exact) mass is 367 g/mol. The van der Waals surface area contributed by atoms with Crippen molar-refractivity contribution in [3.05, 3.63) is 52.7 Å². The molecule has 1 aromatic heterocycles. The van der Waals surface area contributed by atoms with Crippen molar-refractivity contribution < 1.29 is 13.2 Å². The van der Waals surface area contributed by atoms with Crippen LogP contribution in [-0.4, -0.2) is 25.4 Å². The molecule has 0 radical (unpaired) electrons. The number of aromatic nitrogens is 1. The van der Waals surface area contributed by atoms with Crippen molar-refractivity contribution in [3.8, 4) is 0 Å². The van der Waals surface area contributed by atoms with Gasteiger partial charge in [-0.15, -0.1) is 0 Å². The predicted octanol–water partition coefficient (Wildman–Crippen LogP) is 2.98. The van der Waals surface area contributed by atoms with E-state index in [1.54, 1.807) is 39.1 Å². The molecule has 0 aliphatic rings. The number of sulfonamides is 1. The molecule has 0 saturated carbocycles. The SMILES string of the molecule is Cc1cccnc1NC(=O)c1cc(S(=O)(=O)NC(C)C)ccc1Cl. The Hall–Kier alpha value is -1.96. The van der Waals surface area contributed by atoms with Crippen LogP contribution in [0.25, 0.3) is 0 Å². The lowest BCUT2D eigenvalue weighted by Crippen LogP contribution is -2.30. The smallest absolute Gasteiger partial charge is 0.258 e. The predicted molar refractivity (Wildman–Crippen MR) is 93.8 cm³/mol. The minimum absolute atomic E-state index is 0.0245. The van der Waals surface area contributed by atoms with Crippen LogP contribution in [-0.2, 0) is 10.0 Å². The van der Waals surface area contributed by atoms with Gasteiger partial charge in [0.05, 0.1) is 15.5 Å². The molecule has 0 saturated heterocycles. The van der Waals surface area contributed by atoms with Crippen LogP contribution in [0.5, 0.6) is 0 Å². The van der Waals surface area contributed by atoms with Gasteiger partial charge in [-0.25, -0.2) is 18.1 Å². The first-order valence-corrected chi connectivity index (χ1v) is 9.11. The van der Waals surface area contributed by atoms with Gasteiger partial charge in [0.15, 0.2) is 0 Å². The van der Waals surface area contributed by atoms with Crippen LogP contribution in [0.4, 0.5) is 5.82 Å². The lowest BCUT2D eigenvalue weighted by molar-refractivity contribution is 0.102. The van der Waals surface area contributed by atoms with Crippen LogP contribution in [0.15, 0.2) is 41.4 Å². The van der Waals surface area contributed by atoms with Crippen molar-refractivity contribution in [2.75, 3.05) is 5.32 Å². The number of hydrogen-bond acceptors (Lipinski definition) is 4. The largest absolute Gasteiger partial charge is 0.306 e. The topological polar surface area (TPSA) is 88.2 Å². The van der Waals surface area contributed by atoms with Gasteiger partial charge in [-0.05, 0) is 50.6 Å². The summed E-state index contributed by atoms with van der Waals surface area (Å²) in [6, 6.07) is 7.28. The Labute approximate surface area is 146 Å². The third-order valence-electron chi connectivity index (χ3n) is 3.12. The van der Waals surface area contributed by atoms with Crippen LogP contribution in [0.2, 0.25) is 5.02 Å². The second kappa shape index (κ2) is 7.29. The number of hydrogen-bond donors (Lipinski definition) is 2. The highest BCUT2D eigenvalue weighted by Gasteiger charge is 2.20. The van der Waals surface area contributed by atoms with E-state index < -0.39 is 15.9 Å². The van der Waals surface area contributed by atoms with E-state index in [0.29, 0.717) is 5.82 Å². The van der Waals surface area contributed by atoms with Crippen molar-refractivity contribution in [1.82, 2.24) is 9.71 Å². The normalized spacial score (nSPS) is 11.5. The van der Waals surface area contributed by atoms with Gasteiger partial charge < -0.3 is 5.32 Å². The number of anilines is 1. The molecule has 24 heavy (non-hydrogen) atoms. The maximum atomic E-state index is 12.4. The van der Waals surface area contributed by atoms with Gasteiger partial charge in [0.25, 0.3) is 5.91 Å². The standard InChI is InChI=1S/C16H18ClN3O3S/c1-10(2)20-24(22,23)12-6-7-14(17)13(9-12)16(21)19-15-11(3)5-4-8-18-15/h4-10,20H,1-3H3,(H,18,19,21). The van der Waals surface area contributed by atoms with Crippen molar-refractivity contribution in [3.63, 3.8) is 0 Å². The molecule has 0 aliphatic carbocycles. The Kier molecular flexibility index (Phi) is 5.58. The van der Waals surface area contributed by atoms with Crippen LogP contribution >= 0.6 is 11.6 Å². The molecular formula is C16H18ClN3O3S. The molecule has 0 bridgehead atoms. The van der Waals surface area contributed by atoms with E-state index >= 15 is 0 Å². The van der Waals surface area contributed by atoms with E-state index in [4.69, 9.17) is 11.6 Å². The minimum atomic E-state index is -3.72. The lowest BCUT2D eigenvalue weighted by atomic mass is 10.2. The maximum Gasteiger partial charge on any atom is 0.258 e. The average molecular weight is 368 g/mol. The highest BCUT2D eigenvalue weighted by molar-refractivity contribution is 7.89. The summed E-state index contributed by atoms with van der Waals surface area (Å²) in [4.78, 5) is 16.5. The Balaban J connectivity index is 2.35. The zero-order valence-electron chi connectivity index (χ0n) is 13.5. The fourth-order valence-corrected chi connectivity index (χ4v) is 3.50. The van der Waals surface area contributed by atoms with E-state index in [1.165, 1.54) is 18.2 Å². The first kappa shape index (κ1) is 18.4. The Morgan fingerprint density at radius 3 is 2.58 bits per heavy atom. The lowest BCUT2D eigenvalue weighted by Gasteiger charge is -2.12. The highest BCUT2D eigenvalue weighted by Crippen LogP contribution is 2.22. The van der Waals surface area contributed by atoms with E-state index in [0.717, 1.165) is 5.56 Å². The first-order chi connectivity index (χ1) is 11.2. The molecule has 2 N–H and O–H groups in total. The molecule has 0 spiro atoms. The van der Waals surface area contributed by atoms with Crippen LogP contribution in [0, 0.1) is 6.92 Å². The van der Waals surface area contributed by atoms with Gasteiger partial charge in [0, 0.05) is 12.2 Å². The number of rotatable bonds is 5. The maximum absolute atomic E-state index is 12.4. The molecule has 128 valence electrons. The van der Waals surface area contributed by atoms with E-state index in [-0.39, 0.29) is 21.5 Å². The summed E-state index contributed by atoms with van der Waals surface area (Å²) in [5.41, 5.74) is 0.848. The molecule has 0 atom stereocenters. The molecule has 1 heterocycles. The summed E-state index contributed by atoms with van der Waals surface area (Å²) in [6.07, 6.45) is 1.55. The molecule has 0 fully saturated rings. The molecule has 6 nitrogen and oxygen atoms in total. The molecule has 2 aromatic rings. The number of nitrogens with zero attached hydrogens (tertiary/aromatic N) is 1. The van der Waals surface area contributed by atoms with Gasteiger partial charge in [-0.3, -0.25) is 4.79 Å². The quantitative estimate of drug-likeness (QED) is 0.850. The first-order valence-electron chi connectivity index (χ1n) is 7.25. The van der Waals surface area contributed by atoms with Gasteiger partial charge in [0.1, 0.15) is 5.82 Å². The summed E-state index contributed by atoms with van der Waals surface area (Å²) in [5, 5.41) is 2.79. The number of halogens is 1. The summed E-state index contributed by atoms with van der Waals surface area (Å²) < 4.78 is 27.0. The van der Waals surface area contributed by atoms with Crippen molar-refractivity contribution in [1.29, 1.82) is 0 Å². The summed E-state index contributed by atoms with van der Waals surface area (Å²) in [5.74, 6) is -0.129. The number of pyridine rings is 1. The van der Waals surface area contributed by atoms with E-state index in [1.807, 2.05) is 0 Å². The van der Waals surface area contributed by atoms with Crippen molar-refractivity contribution in [2.24, 2.45) is 0 Å². The number of aryl methyl sites for hydroxylation is 1. The third-order valence-corrected chi connectivity index (χ3v) is 5.11. The summed E-state index contributed by atoms with van der Waals surface area (Å²) in [7, 11) is -3.72. The molecule has 0 aliphatic heterocycles. The minimum Gasteiger partial charge on any atom is -0.306 e. The van der Waals surface area contributed by atoms with Gasteiger partial charge in [-0.2, -0.15) is 0 Å². The van der Waals surface area contributed by atoms with Crippen LogP contribution < -0.4 is 10.0 Å². The second-order valence-electron chi connectivity index (χ2n) is 5.54. The fourth-order valence-electron chi connectivity index (χ4n) is 2.02.